The maximum Gasteiger partial charge on any atom is 0.312 e. The van der Waals surface area contributed by atoms with Crippen molar-refractivity contribution in [3.05, 3.63) is 27.4 Å². The molecule has 7 heteroatoms. The lowest BCUT2D eigenvalue weighted by atomic mass is 9.93. The van der Waals surface area contributed by atoms with E-state index in [1.807, 2.05) is 0 Å². The molecule has 1 aliphatic rings. The Morgan fingerprint density at radius 2 is 2.11 bits per heavy atom. The zero-order valence-electron chi connectivity index (χ0n) is 9.67. The highest BCUT2D eigenvalue weighted by molar-refractivity contribution is 6.30. The van der Waals surface area contributed by atoms with Crippen molar-refractivity contribution in [1.29, 1.82) is 0 Å². The largest absolute Gasteiger partial charge is 0.393 e. The average molecular weight is 272 g/mol. The average Bonchev–Trinajstić information content (AvgIpc) is 2.34. The van der Waals surface area contributed by atoms with Gasteiger partial charge in [-0.25, -0.2) is 4.98 Å². The Morgan fingerprint density at radius 1 is 1.44 bits per heavy atom. The summed E-state index contributed by atoms with van der Waals surface area (Å²) in [6.45, 7) is 0. The molecule has 18 heavy (non-hydrogen) atoms. The molecule has 1 saturated carbocycles. The first-order valence-corrected chi connectivity index (χ1v) is 6.18. The molecule has 1 heterocycles. The van der Waals surface area contributed by atoms with Crippen molar-refractivity contribution in [2.75, 3.05) is 5.32 Å². The van der Waals surface area contributed by atoms with Gasteiger partial charge in [-0.15, -0.1) is 0 Å². The predicted octanol–water partition coefficient (Wildman–Crippen LogP) is 2.36. The van der Waals surface area contributed by atoms with Crippen LogP contribution in [0.1, 0.15) is 25.7 Å². The highest BCUT2D eigenvalue weighted by atomic mass is 35.5. The highest BCUT2D eigenvalue weighted by Gasteiger charge is 2.23. The quantitative estimate of drug-likeness (QED) is 0.651. The van der Waals surface area contributed by atoms with Crippen molar-refractivity contribution >= 4 is 23.1 Å². The Kier molecular flexibility index (Phi) is 3.98. The number of aliphatic hydroxyl groups excluding tert-OH is 1. The molecule has 98 valence electrons. The second-order valence-corrected chi connectivity index (χ2v) is 4.86. The molecule has 0 radical (unpaired) electrons. The summed E-state index contributed by atoms with van der Waals surface area (Å²) in [6.07, 6.45) is 4.11. The predicted molar refractivity (Wildman–Crippen MR) is 67.8 cm³/mol. The van der Waals surface area contributed by atoms with Crippen LogP contribution in [0.5, 0.6) is 0 Å². The number of hydrogen-bond acceptors (Lipinski definition) is 5. The van der Waals surface area contributed by atoms with E-state index in [1.165, 1.54) is 12.3 Å². The minimum absolute atomic E-state index is 0.112. The molecule has 0 aliphatic heterocycles. The van der Waals surface area contributed by atoms with Crippen LogP contribution in [0, 0.1) is 10.1 Å². The number of nitrogens with one attached hydrogen (secondary N) is 1. The Balaban J connectivity index is 2.11. The molecule has 1 aromatic heterocycles. The van der Waals surface area contributed by atoms with Gasteiger partial charge in [0.25, 0.3) is 0 Å². The van der Waals surface area contributed by atoms with Gasteiger partial charge in [-0.1, -0.05) is 11.6 Å². The first-order chi connectivity index (χ1) is 8.56. The number of anilines is 1. The van der Waals surface area contributed by atoms with Gasteiger partial charge in [0, 0.05) is 18.3 Å². The van der Waals surface area contributed by atoms with Gasteiger partial charge in [-0.2, -0.15) is 0 Å². The van der Waals surface area contributed by atoms with E-state index in [-0.39, 0.29) is 28.7 Å². The van der Waals surface area contributed by atoms with Gasteiger partial charge in [0.2, 0.25) is 5.82 Å². The topological polar surface area (TPSA) is 88.3 Å². The van der Waals surface area contributed by atoms with Gasteiger partial charge in [-0.3, -0.25) is 10.1 Å². The van der Waals surface area contributed by atoms with Crippen LogP contribution in [0.25, 0.3) is 0 Å². The van der Waals surface area contributed by atoms with E-state index in [0.717, 1.165) is 12.8 Å². The molecule has 0 spiro atoms. The zero-order valence-corrected chi connectivity index (χ0v) is 10.4. The normalized spacial score (nSPS) is 23.7. The highest BCUT2D eigenvalue weighted by Crippen LogP contribution is 2.28. The lowest BCUT2D eigenvalue weighted by molar-refractivity contribution is -0.384. The summed E-state index contributed by atoms with van der Waals surface area (Å²) in [5.41, 5.74) is -0.117. The third-order valence-electron chi connectivity index (χ3n) is 3.07. The van der Waals surface area contributed by atoms with Crippen LogP contribution in [-0.4, -0.2) is 27.2 Å². The van der Waals surface area contributed by atoms with Crippen LogP contribution in [0.4, 0.5) is 11.5 Å². The second kappa shape index (κ2) is 5.49. The van der Waals surface area contributed by atoms with Crippen LogP contribution in [0.2, 0.25) is 5.02 Å². The molecule has 0 aromatic carbocycles. The molecule has 1 fully saturated rings. The van der Waals surface area contributed by atoms with Crippen molar-refractivity contribution < 1.29 is 10.0 Å². The second-order valence-electron chi connectivity index (χ2n) is 4.43. The molecular weight excluding hydrogens is 258 g/mol. The number of halogens is 1. The lowest BCUT2D eigenvalue weighted by Gasteiger charge is -2.26. The summed E-state index contributed by atoms with van der Waals surface area (Å²) < 4.78 is 0. The Bertz CT molecular complexity index is 447. The standard InChI is InChI=1S/C11H14ClN3O3/c12-7-5-10(15(17)18)11(13-6-7)14-8-1-3-9(16)4-2-8/h5-6,8-9,16H,1-4H2,(H,13,14)/t8-,9-. The minimum Gasteiger partial charge on any atom is -0.393 e. The molecule has 0 atom stereocenters. The van der Waals surface area contributed by atoms with Gasteiger partial charge in [0.05, 0.1) is 16.0 Å². The van der Waals surface area contributed by atoms with Crippen LogP contribution >= 0.6 is 11.6 Å². The van der Waals surface area contributed by atoms with Crippen LogP contribution in [-0.2, 0) is 0 Å². The fourth-order valence-corrected chi connectivity index (χ4v) is 2.24. The molecule has 6 nitrogen and oxygen atoms in total. The molecule has 2 rings (SSSR count). The molecule has 0 amide bonds. The SMILES string of the molecule is O=[N+]([O-])c1cc(Cl)cnc1N[C@H]1CC[C@H](O)CC1. The maximum absolute atomic E-state index is 10.9. The third-order valence-corrected chi connectivity index (χ3v) is 3.28. The Morgan fingerprint density at radius 3 is 2.72 bits per heavy atom. The van der Waals surface area contributed by atoms with Crippen molar-refractivity contribution in [3.8, 4) is 0 Å². The summed E-state index contributed by atoms with van der Waals surface area (Å²) in [7, 11) is 0. The summed E-state index contributed by atoms with van der Waals surface area (Å²) in [4.78, 5) is 14.4. The van der Waals surface area contributed by atoms with Crippen LogP contribution < -0.4 is 5.32 Å². The summed E-state index contributed by atoms with van der Waals surface area (Å²) in [5.74, 6) is 0.241. The van der Waals surface area contributed by atoms with Crippen molar-refractivity contribution in [1.82, 2.24) is 4.98 Å². The van der Waals surface area contributed by atoms with Gasteiger partial charge >= 0.3 is 5.69 Å². The fraction of sp³-hybridized carbons (Fsp3) is 0.545. The van der Waals surface area contributed by atoms with Crippen molar-refractivity contribution in [2.24, 2.45) is 0 Å². The maximum atomic E-state index is 10.9. The molecule has 0 bridgehead atoms. The molecular formula is C11H14ClN3O3. The number of aliphatic hydroxyl groups is 1. The van der Waals surface area contributed by atoms with Gasteiger partial charge in [0.15, 0.2) is 0 Å². The fourth-order valence-electron chi connectivity index (χ4n) is 2.09. The first-order valence-electron chi connectivity index (χ1n) is 5.81. The van der Waals surface area contributed by atoms with Gasteiger partial charge in [0.1, 0.15) is 0 Å². The van der Waals surface area contributed by atoms with Gasteiger partial charge < -0.3 is 10.4 Å². The van der Waals surface area contributed by atoms with E-state index >= 15 is 0 Å². The molecule has 2 N–H and O–H groups in total. The molecule has 1 aromatic rings. The van der Waals surface area contributed by atoms with E-state index in [0.29, 0.717) is 12.8 Å². The number of hydrogen-bond donors (Lipinski definition) is 2. The third kappa shape index (κ3) is 3.08. The first kappa shape index (κ1) is 13.0. The van der Waals surface area contributed by atoms with E-state index in [9.17, 15) is 15.2 Å². The minimum atomic E-state index is -0.501. The van der Waals surface area contributed by atoms with E-state index in [4.69, 9.17) is 11.6 Å². The van der Waals surface area contributed by atoms with Crippen molar-refractivity contribution in [2.45, 2.75) is 37.8 Å². The van der Waals surface area contributed by atoms with E-state index in [2.05, 4.69) is 10.3 Å². The number of aromatic nitrogens is 1. The van der Waals surface area contributed by atoms with Crippen molar-refractivity contribution in [3.63, 3.8) is 0 Å². The molecule has 0 unspecified atom stereocenters. The Hall–Kier alpha value is -1.40. The van der Waals surface area contributed by atoms with Gasteiger partial charge in [-0.05, 0) is 25.7 Å². The lowest BCUT2D eigenvalue weighted by Crippen LogP contribution is -2.28. The summed E-state index contributed by atoms with van der Waals surface area (Å²) in [6, 6.07) is 1.40. The van der Waals surface area contributed by atoms with E-state index in [1.54, 1.807) is 0 Å². The summed E-state index contributed by atoms with van der Waals surface area (Å²) >= 11 is 5.69. The summed E-state index contributed by atoms with van der Waals surface area (Å²) in [5, 5.41) is 23.6. The number of nitrogens with zero attached hydrogens (tertiary/aromatic N) is 2. The molecule has 1 aliphatic carbocycles. The molecule has 0 saturated heterocycles. The zero-order chi connectivity index (χ0) is 13.1. The van der Waals surface area contributed by atoms with Crippen LogP contribution in [0.15, 0.2) is 12.3 Å². The smallest absolute Gasteiger partial charge is 0.312 e. The number of rotatable bonds is 3. The number of nitro groups is 1. The van der Waals surface area contributed by atoms with E-state index < -0.39 is 4.92 Å². The monoisotopic (exact) mass is 271 g/mol. The van der Waals surface area contributed by atoms with Crippen LogP contribution in [0.3, 0.4) is 0 Å². The Labute approximate surface area is 109 Å². The number of pyridine rings is 1.